The molecule has 1 aliphatic heterocycles. The molecule has 3 aromatic heterocycles. The Labute approximate surface area is 251 Å². The number of amides is 1. The van der Waals surface area contributed by atoms with E-state index in [1.54, 1.807) is 6.20 Å². The third-order valence-electron chi connectivity index (χ3n) is 7.94. The van der Waals surface area contributed by atoms with Gasteiger partial charge in [0, 0.05) is 79.5 Å². The minimum Gasteiger partial charge on any atom is -0.367 e. The van der Waals surface area contributed by atoms with Crippen molar-refractivity contribution >= 4 is 34.2 Å². The number of piperazine rings is 1. The molecular formula is C33H36ClN7O. The van der Waals surface area contributed by atoms with Crippen LogP contribution < -0.4 is 10.2 Å². The molecule has 6 rings (SSSR count). The molecular weight excluding hydrogens is 546 g/mol. The number of carbonyl (C=O) groups is 1. The molecule has 4 heterocycles. The molecule has 2 aromatic carbocycles. The van der Waals surface area contributed by atoms with E-state index in [1.165, 1.54) is 5.56 Å². The van der Waals surface area contributed by atoms with Crippen LogP contribution in [0.15, 0.2) is 85.5 Å². The number of rotatable bonds is 9. The quantitative estimate of drug-likeness (QED) is 0.238. The van der Waals surface area contributed by atoms with E-state index in [9.17, 15) is 4.79 Å². The smallest absolute Gasteiger partial charge is 0.231 e. The van der Waals surface area contributed by atoms with Crippen LogP contribution in [0.5, 0.6) is 0 Å². The first-order chi connectivity index (χ1) is 20.5. The Kier molecular flexibility index (Phi) is 8.26. The Balaban J connectivity index is 1.22. The molecule has 1 amide bonds. The van der Waals surface area contributed by atoms with Crippen molar-refractivity contribution in [3.63, 3.8) is 0 Å². The first-order valence-corrected chi connectivity index (χ1v) is 14.9. The Morgan fingerprint density at radius 1 is 1.02 bits per heavy atom. The number of halogens is 1. The highest BCUT2D eigenvalue weighted by Gasteiger charge is 2.30. The summed E-state index contributed by atoms with van der Waals surface area (Å²) < 4.78 is 1.92. The Bertz CT molecular complexity index is 1620. The lowest BCUT2D eigenvalue weighted by Crippen LogP contribution is -2.51. The summed E-state index contributed by atoms with van der Waals surface area (Å²) in [5.41, 5.74) is 6.41. The normalized spacial score (nSPS) is 14.6. The number of aromatic amines is 1. The van der Waals surface area contributed by atoms with Gasteiger partial charge in [-0.15, -0.1) is 0 Å². The Morgan fingerprint density at radius 3 is 2.48 bits per heavy atom. The van der Waals surface area contributed by atoms with Gasteiger partial charge in [-0.05, 0) is 41.0 Å². The Hall–Kier alpha value is -4.14. The second-order valence-electron chi connectivity index (χ2n) is 11.1. The monoisotopic (exact) mass is 581 g/mol. The van der Waals surface area contributed by atoms with Crippen LogP contribution in [0.2, 0.25) is 5.02 Å². The summed E-state index contributed by atoms with van der Waals surface area (Å²) >= 11 is 6.15. The molecule has 9 heteroatoms. The fourth-order valence-corrected chi connectivity index (χ4v) is 5.81. The van der Waals surface area contributed by atoms with Crippen molar-refractivity contribution in [1.82, 2.24) is 30.0 Å². The molecule has 0 unspecified atom stereocenters. The van der Waals surface area contributed by atoms with Crippen LogP contribution in [-0.4, -0.2) is 69.3 Å². The summed E-state index contributed by atoms with van der Waals surface area (Å²) in [7, 11) is 0. The number of carbonyl (C=O) groups excluding carboxylic acids is 1. The highest BCUT2D eigenvalue weighted by atomic mass is 35.5. The predicted octanol–water partition coefficient (Wildman–Crippen LogP) is 5.56. The molecule has 42 heavy (non-hydrogen) atoms. The first kappa shape index (κ1) is 28.0. The van der Waals surface area contributed by atoms with Crippen molar-refractivity contribution in [2.24, 2.45) is 0 Å². The van der Waals surface area contributed by atoms with Crippen LogP contribution in [0.1, 0.15) is 30.9 Å². The van der Waals surface area contributed by atoms with E-state index in [1.807, 2.05) is 58.5 Å². The molecule has 0 saturated carbocycles. The standard InChI is InChI=1S/C33H36ClN7O/c1-23(2)36-21-30(26-8-10-27(34)11-9-26)33(42)40-18-16-39(17-19-40)31-28-12-14-35-32(28)37-20-29(31)25-6-4-24(5-7-25)22-41-15-3-13-38-41/h3-15,20,23,30,36H,16-19,21-22H2,1-2H3,(H,35,37)/t30-/m1/s1. The molecule has 1 atom stereocenters. The number of aromatic nitrogens is 4. The van der Waals surface area contributed by atoms with Crippen LogP contribution in [0.25, 0.3) is 22.2 Å². The summed E-state index contributed by atoms with van der Waals surface area (Å²) in [6, 6.07) is 20.6. The van der Waals surface area contributed by atoms with Gasteiger partial charge in [0.1, 0.15) is 5.65 Å². The number of H-pyrrole nitrogens is 1. The number of hydrogen-bond donors (Lipinski definition) is 2. The van der Waals surface area contributed by atoms with Crippen LogP contribution in [0, 0.1) is 0 Å². The maximum Gasteiger partial charge on any atom is 0.231 e. The molecule has 1 fully saturated rings. The van der Waals surface area contributed by atoms with Gasteiger partial charge in [0.15, 0.2) is 0 Å². The van der Waals surface area contributed by atoms with Gasteiger partial charge >= 0.3 is 0 Å². The fourth-order valence-electron chi connectivity index (χ4n) is 5.68. The van der Waals surface area contributed by atoms with E-state index in [0.717, 1.165) is 53.0 Å². The highest BCUT2D eigenvalue weighted by molar-refractivity contribution is 6.30. The zero-order chi connectivity index (χ0) is 29.1. The van der Waals surface area contributed by atoms with Gasteiger partial charge in [-0.1, -0.05) is 61.8 Å². The minimum atomic E-state index is -0.260. The number of benzene rings is 2. The van der Waals surface area contributed by atoms with Gasteiger partial charge in [-0.25, -0.2) is 4.98 Å². The number of hydrogen-bond acceptors (Lipinski definition) is 5. The predicted molar refractivity (Wildman–Crippen MR) is 169 cm³/mol. The maximum absolute atomic E-state index is 13.9. The molecule has 0 radical (unpaired) electrons. The van der Waals surface area contributed by atoms with Gasteiger partial charge in [0.25, 0.3) is 0 Å². The fraction of sp³-hybridized carbons (Fsp3) is 0.303. The largest absolute Gasteiger partial charge is 0.367 e. The number of nitrogens with one attached hydrogen (secondary N) is 2. The summed E-state index contributed by atoms with van der Waals surface area (Å²) in [4.78, 5) is 26.3. The first-order valence-electron chi connectivity index (χ1n) is 14.5. The summed E-state index contributed by atoms with van der Waals surface area (Å²) in [6.45, 7) is 8.31. The summed E-state index contributed by atoms with van der Waals surface area (Å²) in [6.07, 6.45) is 7.67. The lowest BCUT2D eigenvalue weighted by Gasteiger charge is -2.38. The lowest BCUT2D eigenvalue weighted by atomic mass is 9.96. The third kappa shape index (κ3) is 6.05. The minimum absolute atomic E-state index is 0.152. The van der Waals surface area contributed by atoms with Crippen LogP contribution in [0.3, 0.4) is 0 Å². The van der Waals surface area contributed by atoms with Gasteiger partial charge in [-0.2, -0.15) is 5.10 Å². The van der Waals surface area contributed by atoms with E-state index < -0.39 is 0 Å². The van der Waals surface area contributed by atoms with E-state index in [4.69, 9.17) is 16.6 Å². The molecule has 2 N–H and O–H groups in total. The molecule has 5 aromatic rings. The second-order valence-corrected chi connectivity index (χ2v) is 11.6. The number of pyridine rings is 1. The SMILES string of the molecule is CC(C)NC[C@@H](C(=O)N1CCN(c2c(-c3ccc(Cn4cccn4)cc3)cnc3[nH]ccc23)CC1)c1ccc(Cl)cc1. The van der Waals surface area contributed by atoms with Crippen molar-refractivity contribution < 1.29 is 4.79 Å². The number of anilines is 1. The molecule has 1 aliphatic rings. The van der Waals surface area contributed by atoms with E-state index in [0.29, 0.717) is 24.7 Å². The van der Waals surface area contributed by atoms with Crippen molar-refractivity contribution in [3.05, 3.63) is 102 Å². The number of fused-ring (bicyclic) bond motifs is 1. The topological polar surface area (TPSA) is 82.1 Å². The highest BCUT2D eigenvalue weighted by Crippen LogP contribution is 2.37. The van der Waals surface area contributed by atoms with Crippen molar-refractivity contribution in [2.45, 2.75) is 32.4 Å². The Morgan fingerprint density at radius 2 is 1.79 bits per heavy atom. The third-order valence-corrected chi connectivity index (χ3v) is 8.19. The van der Waals surface area contributed by atoms with Crippen molar-refractivity contribution in [1.29, 1.82) is 0 Å². The van der Waals surface area contributed by atoms with Crippen molar-refractivity contribution in [3.8, 4) is 11.1 Å². The summed E-state index contributed by atoms with van der Waals surface area (Å²) in [5, 5.41) is 9.55. The second kappa shape index (κ2) is 12.4. The zero-order valence-electron chi connectivity index (χ0n) is 24.0. The molecule has 216 valence electrons. The van der Waals surface area contributed by atoms with Crippen LogP contribution in [-0.2, 0) is 11.3 Å². The van der Waals surface area contributed by atoms with Gasteiger partial charge < -0.3 is 20.1 Å². The van der Waals surface area contributed by atoms with Crippen molar-refractivity contribution in [2.75, 3.05) is 37.6 Å². The molecule has 0 bridgehead atoms. The van der Waals surface area contributed by atoms with E-state index >= 15 is 0 Å². The van der Waals surface area contributed by atoms with Crippen LogP contribution in [0.4, 0.5) is 5.69 Å². The average Bonchev–Trinajstić information content (AvgIpc) is 3.70. The zero-order valence-corrected chi connectivity index (χ0v) is 24.8. The number of nitrogens with zero attached hydrogens (tertiary/aromatic N) is 5. The van der Waals surface area contributed by atoms with Crippen LogP contribution >= 0.6 is 11.6 Å². The van der Waals surface area contributed by atoms with Gasteiger partial charge in [0.2, 0.25) is 5.91 Å². The van der Waals surface area contributed by atoms with E-state index in [-0.39, 0.29) is 17.9 Å². The molecule has 0 aliphatic carbocycles. The van der Waals surface area contributed by atoms with Gasteiger partial charge in [0.05, 0.1) is 18.2 Å². The maximum atomic E-state index is 13.9. The molecule has 0 spiro atoms. The van der Waals surface area contributed by atoms with Gasteiger partial charge in [-0.3, -0.25) is 9.48 Å². The molecule has 8 nitrogen and oxygen atoms in total. The molecule has 1 saturated heterocycles. The lowest BCUT2D eigenvalue weighted by molar-refractivity contribution is -0.133. The average molecular weight is 582 g/mol. The van der Waals surface area contributed by atoms with E-state index in [2.05, 4.69) is 64.5 Å². The summed E-state index contributed by atoms with van der Waals surface area (Å²) in [5.74, 6) is -0.107.